The van der Waals surface area contributed by atoms with Crippen LogP contribution in [0.25, 0.3) is 10.8 Å². The minimum absolute atomic E-state index is 0.289. The maximum Gasteiger partial charge on any atom is 0.339 e. The third-order valence-electron chi connectivity index (χ3n) is 6.63. The molecule has 1 saturated heterocycles. The van der Waals surface area contributed by atoms with Gasteiger partial charge in [0.25, 0.3) is 0 Å². The highest BCUT2D eigenvalue weighted by Crippen LogP contribution is 2.39. The van der Waals surface area contributed by atoms with Gasteiger partial charge in [-0.1, -0.05) is 72.8 Å². The van der Waals surface area contributed by atoms with Crippen LogP contribution in [0.3, 0.4) is 0 Å². The zero-order valence-corrected chi connectivity index (χ0v) is 18.7. The zero-order valence-electron chi connectivity index (χ0n) is 18.7. The lowest BCUT2D eigenvalue weighted by atomic mass is 9.84. The summed E-state index contributed by atoms with van der Waals surface area (Å²) in [5.74, 6) is -0.289. The zero-order chi connectivity index (χ0) is 22.5. The number of benzene rings is 3. The van der Waals surface area contributed by atoms with Gasteiger partial charge in [0.05, 0.1) is 11.3 Å². The van der Waals surface area contributed by atoms with Crippen LogP contribution >= 0.6 is 0 Å². The Morgan fingerprint density at radius 1 is 0.848 bits per heavy atom. The smallest absolute Gasteiger partial charge is 0.339 e. The molecule has 0 bridgehead atoms. The Morgan fingerprint density at radius 3 is 2.27 bits per heavy atom. The van der Waals surface area contributed by atoms with Crippen LogP contribution in [0.5, 0.6) is 0 Å². The summed E-state index contributed by atoms with van der Waals surface area (Å²) in [6.07, 6.45) is 4.30. The van der Waals surface area contributed by atoms with E-state index < -0.39 is 5.60 Å². The number of ether oxygens (including phenoxy) is 1. The first kappa shape index (κ1) is 21.4. The number of rotatable bonds is 6. The van der Waals surface area contributed by atoms with Gasteiger partial charge >= 0.3 is 5.97 Å². The Labute approximate surface area is 194 Å². The fourth-order valence-corrected chi connectivity index (χ4v) is 4.75. The molecule has 1 aliphatic heterocycles. The molecule has 0 spiro atoms. The van der Waals surface area contributed by atoms with Crippen molar-refractivity contribution in [2.75, 3.05) is 19.6 Å². The van der Waals surface area contributed by atoms with Crippen molar-refractivity contribution in [2.45, 2.75) is 24.9 Å². The number of carbonyl (C=O) groups is 1. The molecule has 0 radical (unpaired) electrons. The third kappa shape index (κ3) is 4.67. The van der Waals surface area contributed by atoms with Crippen molar-refractivity contribution in [2.24, 2.45) is 0 Å². The molecule has 0 aliphatic carbocycles. The number of carbonyl (C=O) groups excluding carboxylic acids is 1. The van der Waals surface area contributed by atoms with Crippen molar-refractivity contribution < 1.29 is 9.53 Å². The second-order valence-electron chi connectivity index (χ2n) is 8.71. The lowest BCUT2D eigenvalue weighted by Gasteiger charge is -2.41. The molecule has 1 fully saturated rings. The second-order valence-corrected chi connectivity index (χ2v) is 8.71. The average molecular weight is 437 g/mol. The van der Waals surface area contributed by atoms with E-state index in [1.54, 1.807) is 0 Å². The van der Waals surface area contributed by atoms with Crippen molar-refractivity contribution in [3.63, 3.8) is 0 Å². The third-order valence-corrected chi connectivity index (χ3v) is 6.63. The summed E-state index contributed by atoms with van der Waals surface area (Å²) in [5, 5.41) is 2.17. The number of esters is 1. The molecular formula is C29H28N2O2. The number of likely N-dealkylation sites (tertiary alicyclic amines) is 1. The fourth-order valence-electron chi connectivity index (χ4n) is 4.75. The summed E-state index contributed by atoms with van der Waals surface area (Å²) < 4.78 is 6.34. The molecule has 0 unspecified atom stereocenters. The van der Waals surface area contributed by atoms with Crippen LogP contribution in [0.4, 0.5) is 0 Å². The maximum atomic E-state index is 13.2. The molecule has 166 valence electrons. The molecule has 3 aromatic carbocycles. The summed E-state index contributed by atoms with van der Waals surface area (Å²) in [6, 6.07) is 30.1. The van der Waals surface area contributed by atoms with Crippen molar-refractivity contribution in [3.05, 3.63) is 114 Å². The van der Waals surface area contributed by atoms with Gasteiger partial charge in [-0.05, 0) is 35.6 Å². The van der Waals surface area contributed by atoms with Gasteiger partial charge in [-0.2, -0.15) is 0 Å². The van der Waals surface area contributed by atoms with E-state index in [0.717, 1.165) is 55.4 Å². The Morgan fingerprint density at radius 2 is 1.52 bits per heavy atom. The van der Waals surface area contributed by atoms with Crippen LogP contribution in [0.15, 0.2) is 97.2 Å². The molecule has 0 saturated carbocycles. The number of hydrogen-bond donors (Lipinski definition) is 0. The van der Waals surface area contributed by atoms with Crippen molar-refractivity contribution in [1.82, 2.24) is 9.88 Å². The Kier molecular flexibility index (Phi) is 6.18. The average Bonchev–Trinajstić information content (AvgIpc) is 2.89. The van der Waals surface area contributed by atoms with Gasteiger partial charge in [-0.25, -0.2) is 4.79 Å². The molecule has 33 heavy (non-hydrogen) atoms. The Bertz CT molecular complexity index is 1210. The lowest BCUT2D eigenvalue weighted by molar-refractivity contribution is -0.0568. The molecule has 1 aliphatic rings. The van der Waals surface area contributed by atoms with Crippen molar-refractivity contribution in [3.8, 4) is 0 Å². The Hall–Kier alpha value is -3.50. The minimum Gasteiger partial charge on any atom is -0.449 e. The predicted molar refractivity (Wildman–Crippen MR) is 131 cm³/mol. The lowest BCUT2D eigenvalue weighted by Crippen LogP contribution is -2.46. The monoisotopic (exact) mass is 436 g/mol. The van der Waals surface area contributed by atoms with Gasteiger partial charge in [0.2, 0.25) is 0 Å². The van der Waals surface area contributed by atoms with E-state index in [-0.39, 0.29) is 5.97 Å². The van der Waals surface area contributed by atoms with Crippen LogP contribution in [0, 0.1) is 0 Å². The highest BCUT2D eigenvalue weighted by Gasteiger charge is 2.42. The molecule has 4 heteroatoms. The normalized spacial score (nSPS) is 15.9. The van der Waals surface area contributed by atoms with Crippen molar-refractivity contribution in [1.29, 1.82) is 0 Å². The molecule has 4 aromatic rings. The summed E-state index contributed by atoms with van der Waals surface area (Å²) in [6.45, 7) is 2.72. The number of fused-ring (bicyclic) bond motifs is 1. The molecule has 0 atom stereocenters. The predicted octanol–water partition coefficient (Wildman–Crippen LogP) is 5.63. The number of hydrogen-bond acceptors (Lipinski definition) is 4. The molecule has 0 N–H and O–H groups in total. The van der Waals surface area contributed by atoms with Crippen LogP contribution in [-0.2, 0) is 16.8 Å². The fraction of sp³-hybridized carbons (Fsp3) is 0.241. The minimum atomic E-state index is -0.739. The largest absolute Gasteiger partial charge is 0.449 e. The second kappa shape index (κ2) is 9.55. The summed E-state index contributed by atoms with van der Waals surface area (Å²) in [4.78, 5) is 20.4. The van der Waals surface area contributed by atoms with E-state index >= 15 is 0 Å². The quantitative estimate of drug-likeness (QED) is 0.368. The van der Waals surface area contributed by atoms with Gasteiger partial charge < -0.3 is 9.64 Å². The van der Waals surface area contributed by atoms with Crippen LogP contribution in [0.1, 0.15) is 34.5 Å². The van der Waals surface area contributed by atoms with E-state index in [4.69, 9.17) is 9.72 Å². The molecular weight excluding hydrogens is 408 g/mol. The molecule has 0 amide bonds. The first-order valence-electron chi connectivity index (χ1n) is 11.6. The molecule has 5 rings (SSSR count). The number of aromatic nitrogens is 1. The van der Waals surface area contributed by atoms with Crippen LogP contribution in [0.2, 0.25) is 0 Å². The Balaban J connectivity index is 1.41. The van der Waals surface area contributed by atoms with Gasteiger partial charge in [-0.3, -0.25) is 4.98 Å². The standard InChI is InChI=1S/C29H28N2O2/c32-28(25-12-5-2-6-13-25)33-29(27-26-14-8-7-11-24(26)15-19-30-27)17-21-31(22-18-29)20-16-23-9-3-1-4-10-23/h1-15,19H,16-18,20-22H2. The number of piperidine rings is 1. The van der Waals surface area contributed by atoms with Crippen LogP contribution in [-0.4, -0.2) is 35.5 Å². The van der Waals surface area contributed by atoms with Gasteiger partial charge in [-0.15, -0.1) is 0 Å². The first-order chi connectivity index (χ1) is 16.2. The molecule has 2 heterocycles. The summed E-state index contributed by atoms with van der Waals surface area (Å²) in [7, 11) is 0. The van der Waals surface area contributed by atoms with E-state index in [1.165, 1.54) is 5.56 Å². The first-order valence-corrected chi connectivity index (χ1v) is 11.6. The van der Waals surface area contributed by atoms with Crippen molar-refractivity contribution >= 4 is 16.7 Å². The summed E-state index contributed by atoms with van der Waals surface area (Å²) in [5.41, 5.74) is 2.05. The highest BCUT2D eigenvalue weighted by molar-refractivity contribution is 5.90. The van der Waals surface area contributed by atoms with Gasteiger partial charge in [0.15, 0.2) is 5.60 Å². The van der Waals surface area contributed by atoms with E-state index in [9.17, 15) is 4.79 Å². The van der Waals surface area contributed by atoms with Gasteiger partial charge in [0.1, 0.15) is 0 Å². The highest BCUT2D eigenvalue weighted by atomic mass is 16.6. The van der Waals surface area contributed by atoms with Crippen LogP contribution < -0.4 is 0 Å². The van der Waals surface area contributed by atoms with E-state index in [1.807, 2.05) is 54.7 Å². The number of nitrogens with zero attached hydrogens (tertiary/aromatic N) is 2. The molecule has 4 nitrogen and oxygen atoms in total. The SMILES string of the molecule is O=C(OC1(c2nccc3ccccc23)CCN(CCc2ccccc2)CC1)c1ccccc1. The molecule has 1 aromatic heterocycles. The maximum absolute atomic E-state index is 13.2. The number of pyridine rings is 1. The summed E-state index contributed by atoms with van der Waals surface area (Å²) >= 11 is 0. The topological polar surface area (TPSA) is 42.4 Å². The van der Waals surface area contributed by atoms with Gasteiger partial charge in [0, 0.05) is 44.1 Å². The van der Waals surface area contributed by atoms with E-state index in [0.29, 0.717) is 5.56 Å². The van der Waals surface area contributed by atoms with E-state index in [2.05, 4.69) is 47.4 Å².